The number of piperazine rings is 1. The van der Waals surface area contributed by atoms with Crippen LogP contribution in [0.1, 0.15) is 0 Å². The molecule has 0 bridgehead atoms. The Labute approximate surface area is 172 Å². The molecule has 28 heavy (non-hydrogen) atoms. The summed E-state index contributed by atoms with van der Waals surface area (Å²) in [5.41, 5.74) is 0.654. The molecule has 6 nitrogen and oxygen atoms in total. The molecule has 0 saturated carbocycles. The maximum absolute atomic E-state index is 12.6. The van der Waals surface area contributed by atoms with E-state index in [0.717, 1.165) is 11.2 Å². The molecule has 1 aliphatic heterocycles. The van der Waals surface area contributed by atoms with E-state index in [1.54, 1.807) is 29.4 Å². The average Bonchev–Trinajstić information content (AvgIpc) is 2.74. The number of carbonyl (C=O) groups is 1. The summed E-state index contributed by atoms with van der Waals surface area (Å²) in [6.45, 7) is 2.63. The number of amides is 1. The fourth-order valence-corrected chi connectivity index (χ4v) is 3.53. The van der Waals surface area contributed by atoms with Gasteiger partial charge in [0, 0.05) is 44.0 Å². The maximum atomic E-state index is 12.6. The molecule has 0 spiro atoms. The van der Waals surface area contributed by atoms with Crippen molar-refractivity contribution < 1.29 is 9.53 Å². The quantitative estimate of drug-likeness (QED) is 0.649. The van der Waals surface area contributed by atoms with E-state index in [4.69, 9.17) is 27.9 Å². The van der Waals surface area contributed by atoms with Crippen LogP contribution in [0, 0.1) is 0 Å². The van der Waals surface area contributed by atoms with Gasteiger partial charge in [-0.1, -0.05) is 23.2 Å². The molecule has 144 valence electrons. The molecule has 1 aliphatic rings. The molecule has 1 saturated heterocycles. The highest BCUT2D eigenvalue weighted by Gasteiger charge is 2.22. The summed E-state index contributed by atoms with van der Waals surface area (Å²) in [5.74, 6) is 1.37. The number of halogens is 2. The smallest absolute Gasteiger partial charge is 0.260 e. The van der Waals surface area contributed by atoms with Gasteiger partial charge in [0.25, 0.3) is 5.91 Å². The number of ether oxygens (including phenoxy) is 1. The molecule has 2 aromatic heterocycles. The van der Waals surface area contributed by atoms with Gasteiger partial charge in [0.05, 0.1) is 10.0 Å². The number of benzene rings is 1. The molecule has 3 aromatic rings. The van der Waals surface area contributed by atoms with Gasteiger partial charge in [-0.15, -0.1) is 0 Å². The van der Waals surface area contributed by atoms with E-state index in [1.165, 1.54) is 0 Å². The molecule has 0 N–H and O–H groups in total. The van der Waals surface area contributed by atoms with Crippen molar-refractivity contribution in [3.8, 4) is 5.75 Å². The Balaban J connectivity index is 1.35. The van der Waals surface area contributed by atoms with Crippen LogP contribution in [0.4, 0.5) is 5.82 Å². The molecule has 4 rings (SSSR count). The minimum absolute atomic E-state index is 0.0352. The van der Waals surface area contributed by atoms with Crippen molar-refractivity contribution in [1.29, 1.82) is 0 Å². The monoisotopic (exact) mass is 416 g/mol. The Morgan fingerprint density at radius 3 is 2.61 bits per heavy atom. The molecule has 0 atom stereocenters. The van der Waals surface area contributed by atoms with Crippen molar-refractivity contribution in [2.24, 2.45) is 0 Å². The number of hydrogen-bond donors (Lipinski definition) is 0. The molecule has 0 aliphatic carbocycles. The van der Waals surface area contributed by atoms with E-state index in [-0.39, 0.29) is 12.5 Å². The second-order valence-electron chi connectivity index (χ2n) is 6.44. The molecule has 1 amide bonds. The zero-order valence-electron chi connectivity index (χ0n) is 15.0. The third-order valence-electron chi connectivity index (χ3n) is 4.70. The van der Waals surface area contributed by atoms with Crippen LogP contribution >= 0.6 is 23.2 Å². The van der Waals surface area contributed by atoms with Crippen LogP contribution in [0.3, 0.4) is 0 Å². The summed E-state index contributed by atoms with van der Waals surface area (Å²) in [6.07, 6.45) is 3.31. The zero-order valence-corrected chi connectivity index (χ0v) is 16.5. The highest BCUT2D eigenvalue weighted by Crippen LogP contribution is 2.29. The van der Waals surface area contributed by atoms with Gasteiger partial charge in [0.1, 0.15) is 17.1 Å². The highest BCUT2D eigenvalue weighted by molar-refractivity contribution is 6.35. The molecule has 3 heterocycles. The first-order chi connectivity index (χ1) is 13.6. The molecule has 8 heteroatoms. The largest absolute Gasteiger partial charge is 0.481 e. The Morgan fingerprint density at radius 1 is 1.04 bits per heavy atom. The minimum atomic E-state index is -0.0530. The van der Waals surface area contributed by atoms with Crippen molar-refractivity contribution in [1.82, 2.24) is 14.9 Å². The Morgan fingerprint density at radius 2 is 1.86 bits per heavy atom. The lowest BCUT2D eigenvalue weighted by molar-refractivity contribution is -0.133. The summed E-state index contributed by atoms with van der Waals surface area (Å²) in [7, 11) is 0. The number of nitrogens with zero attached hydrogens (tertiary/aromatic N) is 4. The third kappa shape index (κ3) is 3.98. The summed E-state index contributed by atoms with van der Waals surface area (Å²) in [6, 6.07) is 10.9. The summed E-state index contributed by atoms with van der Waals surface area (Å²) < 4.78 is 5.76. The van der Waals surface area contributed by atoms with Gasteiger partial charge in [0.15, 0.2) is 6.61 Å². The van der Waals surface area contributed by atoms with Crippen molar-refractivity contribution in [3.63, 3.8) is 0 Å². The van der Waals surface area contributed by atoms with E-state index < -0.39 is 0 Å². The van der Waals surface area contributed by atoms with Gasteiger partial charge in [-0.05, 0) is 36.4 Å². The SMILES string of the molecule is O=C(COc1ccc(Cl)c2cccnc12)N1CCN(c2ccc(Cl)cn2)CC1. The third-order valence-corrected chi connectivity index (χ3v) is 5.25. The van der Waals surface area contributed by atoms with Crippen LogP contribution in [-0.4, -0.2) is 53.6 Å². The van der Waals surface area contributed by atoms with E-state index >= 15 is 0 Å². The van der Waals surface area contributed by atoms with Gasteiger partial charge in [-0.25, -0.2) is 4.98 Å². The fraction of sp³-hybridized carbons (Fsp3) is 0.250. The molecular weight excluding hydrogens is 399 g/mol. The predicted octanol–water partition coefficient (Wildman–Crippen LogP) is 3.66. The number of hydrogen-bond acceptors (Lipinski definition) is 5. The van der Waals surface area contributed by atoms with Crippen LogP contribution < -0.4 is 9.64 Å². The predicted molar refractivity (Wildman–Crippen MR) is 110 cm³/mol. The average molecular weight is 417 g/mol. The van der Waals surface area contributed by atoms with E-state index in [1.807, 2.05) is 24.3 Å². The zero-order chi connectivity index (χ0) is 19.5. The topological polar surface area (TPSA) is 58.6 Å². The van der Waals surface area contributed by atoms with Crippen molar-refractivity contribution in [2.45, 2.75) is 0 Å². The van der Waals surface area contributed by atoms with E-state index in [9.17, 15) is 4.79 Å². The Hall–Kier alpha value is -2.57. The number of aromatic nitrogens is 2. The minimum Gasteiger partial charge on any atom is -0.481 e. The van der Waals surface area contributed by atoms with Gasteiger partial charge < -0.3 is 14.5 Å². The Bertz CT molecular complexity index is 989. The summed E-state index contributed by atoms with van der Waals surface area (Å²) >= 11 is 12.1. The van der Waals surface area contributed by atoms with Crippen LogP contribution in [-0.2, 0) is 4.79 Å². The first-order valence-corrected chi connectivity index (χ1v) is 9.68. The molecule has 0 unspecified atom stereocenters. The van der Waals surface area contributed by atoms with Crippen molar-refractivity contribution in [2.75, 3.05) is 37.7 Å². The fourth-order valence-electron chi connectivity index (χ4n) is 3.20. The van der Waals surface area contributed by atoms with Gasteiger partial charge in [0.2, 0.25) is 0 Å². The second-order valence-corrected chi connectivity index (χ2v) is 7.28. The van der Waals surface area contributed by atoms with Crippen molar-refractivity contribution in [3.05, 3.63) is 58.8 Å². The van der Waals surface area contributed by atoms with Crippen LogP contribution in [0.15, 0.2) is 48.8 Å². The number of pyridine rings is 2. The molecule has 0 radical (unpaired) electrons. The number of anilines is 1. The Kier molecular flexibility index (Phi) is 5.50. The van der Waals surface area contributed by atoms with Gasteiger partial charge in [-0.2, -0.15) is 0 Å². The second kappa shape index (κ2) is 8.20. The number of rotatable bonds is 4. The lowest BCUT2D eigenvalue weighted by Crippen LogP contribution is -2.50. The van der Waals surface area contributed by atoms with Crippen LogP contribution in [0.5, 0.6) is 5.75 Å². The number of carbonyl (C=O) groups excluding carboxylic acids is 1. The maximum Gasteiger partial charge on any atom is 0.260 e. The van der Waals surface area contributed by atoms with Crippen LogP contribution in [0.25, 0.3) is 10.9 Å². The van der Waals surface area contributed by atoms with E-state index in [0.29, 0.717) is 47.5 Å². The van der Waals surface area contributed by atoms with Crippen LogP contribution in [0.2, 0.25) is 10.0 Å². The molecule has 1 fully saturated rings. The van der Waals surface area contributed by atoms with E-state index in [2.05, 4.69) is 14.9 Å². The normalized spacial score (nSPS) is 14.4. The lowest BCUT2D eigenvalue weighted by Gasteiger charge is -2.35. The first-order valence-electron chi connectivity index (χ1n) is 8.92. The highest BCUT2D eigenvalue weighted by atomic mass is 35.5. The summed E-state index contributed by atoms with van der Waals surface area (Å²) in [4.78, 5) is 25.2. The lowest BCUT2D eigenvalue weighted by atomic mass is 10.2. The summed E-state index contributed by atoms with van der Waals surface area (Å²) in [5, 5.41) is 2.02. The van der Waals surface area contributed by atoms with Crippen molar-refractivity contribution >= 4 is 45.8 Å². The van der Waals surface area contributed by atoms with Gasteiger partial charge in [-0.3, -0.25) is 9.78 Å². The van der Waals surface area contributed by atoms with Gasteiger partial charge >= 0.3 is 0 Å². The standard InChI is InChI=1S/C20H18Cl2N4O2/c21-14-3-6-18(24-12-14)25-8-10-26(11-9-25)19(27)13-28-17-5-4-16(22)15-2-1-7-23-20(15)17/h1-7,12H,8-11,13H2. The first kappa shape index (κ1) is 18.8. The number of fused-ring (bicyclic) bond motifs is 1. The molecule has 1 aromatic carbocycles. The molecular formula is C20H18Cl2N4O2.